The van der Waals surface area contributed by atoms with Crippen LogP contribution in [-0.2, 0) is 14.8 Å². The van der Waals surface area contributed by atoms with Crippen LogP contribution in [0.4, 0.5) is 18.9 Å². The summed E-state index contributed by atoms with van der Waals surface area (Å²) in [7, 11) is -2.74. The molecule has 0 heterocycles. The largest absolute Gasteiger partial charge is 0.322 e. The average molecular weight is 358 g/mol. The second kappa shape index (κ2) is 7.02. The molecule has 5 nitrogen and oxygen atoms in total. The Morgan fingerprint density at radius 2 is 1.67 bits per heavy atom. The van der Waals surface area contributed by atoms with Crippen LogP contribution in [0, 0.1) is 17.5 Å². The third-order valence-corrected chi connectivity index (χ3v) is 4.94. The number of amides is 1. The molecule has 0 aromatic heterocycles. The molecule has 9 heteroatoms. The van der Waals surface area contributed by atoms with Crippen molar-refractivity contribution >= 4 is 21.6 Å². The van der Waals surface area contributed by atoms with Crippen LogP contribution in [0.15, 0.2) is 47.4 Å². The molecule has 128 valence electrons. The van der Waals surface area contributed by atoms with Gasteiger partial charge in [0.05, 0.1) is 17.1 Å². The van der Waals surface area contributed by atoms with Crippen LogP contribution in [0.2, 0.25) is 0 Å². The van der Waals surface area contributed by atoms with E-state index in [-0.39, 0.29) is 4.90 Å². The Balaban J connectivity index is 2.11. The van der Waals surface area contributed by atoms with Gasteiger partial charge in [-0.05, 0) is 24.3 Å². The molecule has 0 fully saturated rings. The molecule has 0 aliphatic heterocycles. The van der Waals surface area contributed by atoms with Gasteiger partial charge in [0, 0.05) is 7.05 Å². The molecule has 0 saturated carbocycles. The number of carbonyl (C=O) groups excluding carboxylic acids is 1. The molecule has 2 rings (SSSR count). The second-order valence-electron chi connectivity index (χ2n) is 4.85. The monoisotopic (exact) mass is 358 g/mol. The highest BCUT2D eigenvalue weighted by molar-refractivity contribution is 7.89. The fourth-order valence-electron chi connectivity index (χ4n) is 1.87. The Bertz CT molecular complexity index is 858. The Kier molecular flexibility index (Phi) is 5.25. The number of halogens is 3. The highest BCUT2D eigenvalue weighted by atomic mass is 32.2. The lowest BCUT2D eigenvalue weighted by Gasteiger charge is -2.17. The van der Waals surface area contributed by atoms with Crippen molar-refractivity contribution in [2.45, 2.75) is 4.90 Å². The Morgan fingerprint density at radius 3 is 2.29 bits per heavy atom. The van der Waals surface area contributed by atoms with Gasteiger partial charge in [-0.25, -0.2) is 21.6 Å². The van der Waals surface area contributed by atoms with Crippen molar-refractivity contribution in [2.24, 2.45) is 0 Å². The van der Waals surface area contributed by atoms with E-state index in [1.165, 1.54) is 31.3 Å². The third-order valence-electron chi connectivity index (χ3n) is 3.13. The fourth-order valence-corrected chi connectivity index (χ4v) is 3.02. The Labute approximate surface area is 136 Å². The van der Waals surface area contributed by atoms with E-state index < -0.39 is 45.6 Å². The molecule has 1 amide bonds. The molecule has 2 aromatic rings. The number of carbonyl (C=O) groups is 1. The van der Waals surface area contributed by atoms with Crippen LogP contribution in [0.25, 0.3) is 0 Å². The summed E-state index contributed by atoms with van der Waals surface area (Å²) in [6.07, 6.45) is 0. The summed E-state index contributed by atoms with van der Waals surface area (Å²) < 4.78 is 64.7. The van der Waals surface area contributed by atoms with E-state index in [0.29, 0.717) is 6.07 Å². The summed E-state index contributed by atoms with van der Waals surface area (Å²) in [6, 6.07) is 8.90. The van der Waals surface area contributed by atoms with Gasteiger partial charge in [0.1, 0.15) is 0 Å². The van der Waals surface area contributed by atoms with Crippen molar-refractivity contribution < 1.29 is 26.4 Å². The summed E-state index contributed by atoms with van der Waals surface area (Å²) in [5, 5.41) is 2.01. The standard InChI is InChI=1S/C15H13F3N2O3S/c1-20(24(22,23)10-5-3-2-4-6-10)9-13(21)19-12-8-7-11(16)14(17)15(12)18/h2-8H,9H2,1H3,(H,19,21). The lowest BCUT2D eigenvalue weighted by atomic mass is 10.3. The molecule has 2 aromatic carbocycles. The SMILES string of the molecule is CN(CC(=O)Nc1ccc(F)c(F)c1F)S(=O)(=O)c1ccccc1. The minimum Gasteiger partial charge on any atom is -0.322 e. The van der Waals surface area contributed by atoms with Crippen molar-refractivity contribution in [1.82, 2.24) is 4.31 Å². The number of likely N-dealkylation sites (N-methyl/N-ethyl adjacent to an activating group) is 1. The molecule has 0 radical (unpaired) electrons. The minimum atomic E-state index is -3.91. The molecule has 0 atom stereocenters. The number of hydrogen-bond donors (Lipinski definition) is 1. The molecular formula is C15H13F3N2O3S. The van der Waals surface area contributed by atoms with Gasteiger partial charge in [-0.1, -0.05) is 18.2 Å². The Morgan fingerprint density at radius 1 is 1.04 bits per heavy atom. The lowest BCUT2D eigenvalue weighted by Crippen LogP contribution is -2.35. The van der Waals surface area contributed by atoms with Gasteiger partial charge in [0.25, 0.3) is 0 Å². The first kappa shape index (κ1) is 18.0. The number of sulfonamides is 1. The zero-order valence-electron chi connectivity index (χ0n) is 12.5. The van der Waals surface area contributed by atoms with Gasteiger partial charge in [0.15, 0.2) is 17.5 Å². The van der Waals surface area contributed by atoms with Crippen molar-refractivity contribution in [1.29, 1.82) is 0 Å². The van der Waals surface area contributed by atoms with E-state index in [4.69, 9.17) is 0 Å². The van der Waals surface area contributed by atoms with E-state index in [1.807, 2.05) is 5.32 Å². The zero-order valence-corrected chi connectivity index (χ0v) is 13.3. The summed E-state index contributed by atoms with van der Waals surface area (Å²) in [5.74, 6) is -5.58. The molecule has 1 N–H and O–H groups in total. The Hall–Kier alpha value is -2.39. The maximum Gasteiger partial charge on any atom is 0.243 e. The summed E-state index contributed by atoms with van der Waals surface area (Å²) in [4.78, 5) is 11.8. The molecular weight excluding hydrogens is 345 g/mol. The predicted octanol–water partition coefficient (Wildman–Crippen LogP) is 2.36. The minimum absolute atomic E-state index is 0.0145. The number of nitrogens with one attached hydrogen (secondary N) is 1. The van der Waals surface area contributed by atoms with Crippen LogP contribution < -0.4 is 5.32 Å². The van der Waals surface area contributed by atoms with E-state index >= 15 is 0 Å². The second-order valence-corrected chi connectivity index (χ2v) is 6.89. The van der Waals surface area contributed by atoms with Crippen LogP contribution >= 0.6 is 0 Å². The quantitative estimate of drug-likeness (QED) is 0.835. The maximum atomic E-state index is 13.5. The van der Waals surface area contributed by atoms with Gasteiger partial charge in [-0.3, -0.25) is 4.79 Å². The van der Waals surface area contributed by atoms with Crippen LogP contribution in [0.1, 0.15) is 0 Å². The van der Waals surface area contributed by atoms with Gasteiger partial charge < -0.3 is 5.32 Å². The zero-order chi connectivity index (χ0) is 17.9. The molecule has 0 bridgehead atoms. The van der Waals surface area contributed by atoms with Gasteiger partial charge in [0.2, 0.25) is 15.9 Å². The normalized spacial score (nSPS) is 11.5. The fraction of sp³-hybridized carbons (Fsp3) is 0.133. The number of benzene rings is 2. The van der Waals surface area contributed by atoms with E-state index in [1.54, 1.807) is 6.07 Å². The number of rotatable bonds is 5. The summed E-state index contributed by atoms with van der Waals surface area (Å²) in [6.45, 7) is -0.629. The number of anilines is 1. The number of hydrogen-bond acceptors (Lipinski definition) is 3. The van der Waals surface area contributed by atoms with E-state index in [2.05, 4.69) is 0 Å². The topological polar surface area (TPSA) is 66.5 Å². The molecule has 0 aliphatic rings. The highest BCUT2D eigenvalue weighted by Crippen LogP contribution is 2.20. The maximum absolute atomic E-state index is 13.5. The molecule has 0 unspecified atom stereocenters. The average Bonchev–Trinajstić information content (AvgIpc) is 2.56. The van der Waals surface area contributed by atoms with Crippen LogP contribution in [0.5, 0.6) is 0 Å². The molecule has 0 aliphatic carbocycles. The highest BCUT2D eigenvalue weighted by Gasteiger charge is 2.23. The van der Waals surface area contributed by atoms with Crippen molar-refractivity contribution in [2.75, 3.05) is 18.9 Å². The first-order valence-electron chi connectivity index (χ1n) is 6.68. The molecule has 0 spiro atoms. The van der Waals surface area contributed by atoms with Crippen molar-refractivity contribution in [3.05, 3.63) is 59.9 Å². The van der Waals surface area contributed by atoms with Gasteiger partial charge in [-0.2, -0.15) is 4.31 Å². The first-order chi connectivity index (χ1) is 11.2. The number of nitrogens with zero attached hydrogens (tertiary/aromatic N) is 1. The predicted molar refractivity (Wildman–Crippen MR) is 81.2 cm³/mol. The van der Waals surface area contributed by atoms with Crippen molar-refractivity contribution in [3.8, 4) is 0 Å². The molecule has 0 saturated heterocycles. The van der Waals surface area contributed by atoms with E-state index in [9.17, 15) is 26.4 Å². The lowest BCUT2D eigenvalue weighted by molar-refractivity contribution is -0.116. The molecule has 24 heavy (non-hydrogen) atoms. The van der Waals surface area contributed by atoms with E-state index in [0.717, 1.165) is 10.4 Å². The smallest absolute Gasteiger partial charge is 0.243 e. The summed E-state index contributed by atoms with van der Waals surface area (Å²) in [5.41, 5.74) is -0.579. The third kappa shape index (κ3) is 3.74. The van der Waals surface area contributed by atoms with Gasteiger partial charge >= 0.3 is 0 Å². The van der Waals surface area contributed by atoms with Crippen LogP contribution in [0.3, 0.4) is 0 Å². The van der Waals surface area contributed by atoms with Gasteiger partial charge in [-0.15, -0.1) is 0 Å². The van der Waals surface area contributed by atoms with Crippen LogP contribution in [-0.4, -0.2) is 32.2 Å². The first-order valence-corrected chi connectivity index (χ1v) is 8.12. The summed E-state index contributed by atoms with van der Waals surface area (Å²) >= 11 is 0. The van der Waals surface area contributed by atoms with Crippen molar-refractivity contribution in [3.63, 3.8) is 0 Å².